The van der Waals surface area contributed by atoms with Gasteiger partial charge in [0.15, 0.2) is 0 Å². The van der Waals surface area contributed by atoms with Gasteiger partial charge < -0.3 is 16.4 Å². The number of benzene rings is 1. The Labute approximate surface area is 124 Å². The van der Waals surface area contributed by atoms with E-state index in [1.54, 1.807) is 19.2 Å². The van der Waals surface area contributed by atoms with E-state index in [1.807, 2.05) is 17.8 Å². The summed E-state index contributed by atoms with van der Waals surface area (Å²) in [5.41, 5.74) is 8.24. The second-order valence-corrected chi connectivity index (χ2v) is 6.57. The van der Waals surface area contributed by atoms with Gasteiger partial charge in [0.2, 0.25) is 0 Å². The number of amides is 1. The molecule has 2 unspecified atom stereocenters. The normalized spacial score (nSPS) is 21.7. The van der Waals surface area contributed by atoms with Crippen molar-refractivity contribution in [2.45, 2.75) is 37.5 Å². The molecule has 1 aromatic rings. The SMILES string of the molecule is CCSC1CCCC1Nc1cc(C(=O)NC)ccc1N. The van der Waals surface area contributed by atoms with Crippen LogP contribution in [0.1, 0.15) is 36.5 Å². The summed E-state index contributed by atoms with van der Waals surface area (Å²) in [6.07, 6.45) is 3.68. The molecule has 0 heterocycles. The molecule has 4 nitrogen and oxygen atoms in total. The molecule has 0 spiro atoms. The van der Waals surface area contributed by atoms with Crippen molar-refractivity contribution in [2.75, 3.05) is 23.9 Å². The highest BCUT2D eigenvalue weighted by atomic mass is 32.2. The Morgan fingerprint density at radius 2 is 2.25 bits per heavy atom. The zero-order valence-corrected chi connectivity index (χ0v) is 12.9. The van der Waals surface area contributed by atoms with Crippen molar-refractivity contribution in [3.05, 3.63) is 23.8 Å². The number of carbonyl (C=O) groups excluding carboxylic acids is 1. The molecule has 4 N–H and O–H groups in total. The first-order chi connectivity index (χ1) is 9.65. The van der Waals surface area contributed by atoms with Gasteiger partial charge >= 0.3 is 0 Å². The van der Waals surface area contributed by atoms with Crippen molar-refractivity contribution in [2.24, 2.45) is 0 Å². The first-order valence-electron chi connectivity index (χ1n) is 7.15. The van der Waals surface area contributed by atoms with Crippen molar-refractivity contribution in [1.29, 1.82) is 0 Å². The van der Waals surface area contributed by atoms with Gasteiger partial charge in [0.25, 0.3) is 5.91 Å². The molecule has 0 bridgehead atoms. The number of anilines is 2. The topological polar surface area (TPSA) is 67.2 Å². The Kier molecular flexibility index (Phi) is 5.17. The number of nitrogens with two attached hydrogens (primary N) is 1. The van der Waals surface area contributed by atoms with E-state index in [1.165, 1.54) is 19.3 Å². The molecule has 1 aliphatic carbocycles. The lowest BCUT2D eigenvalue weighted by molar-refractivity contribution is 0.0963. The fourth-order valence-corrected chi connectivity index (χ4v) is 3.87. The molecule has 2 atom stereocenters. The summed E-state index contributed by atoms with van der Waals surface area (Å²) in [6.45, 7) is 2.20. The van der Waals surface area contributed by atoms with Crippen molar-refractivity contribution >= 4 is 29.0 Å². The monoisotopic (exact) mass is 293 g/mol. The summed E-state index contributed by atoms with van der Waals surface area (Å²) in [7, 11) is 1.64. The Morgan fingerprint density at radius 1 is 1.45 bits per heavy atom. The molecule has 0 aliphatic heterocycles. The molecule has 110 valence electrons. The van der Waals surface area contributed by atoms with E-state index >= 15 is 0 Å². The fraction of sp³-hybridized carbons (Fsp3) is 0.533. The molecule has 0 radical (unpaired) electrons. The third kappa shape index (κ3) is 3.39. The van der Waals surface area contributed by atoms with Crippen LogP contribution in [-0.2, 0) is 0 Å². The summed E-state index contributed by atoms with van der Waals surface area (Å²) in [4.78, 5) is 11.7. The van der Waals surface area contributed by atoms with Gasteiger partial charge in [-0.3, -0.25) is 4.79 Å². The van der Waals surface area contributed by atoms with E-state index in [-0.39, 0.29) is 5.91 Å². The van der Waals surface area contributed by atoms with Crippen molar-refractivity contribution in [3.8, 4) is 0 Å². The Bertz CT molecular complexity index is 478. The van der Waals surface area contributed by atoms with Crippen LogP contribution in [0.4, 0.5) is 11.4 Å². The number of thioether (sulfide) groups is 1. The Balaban J connectivity index is 2.13. The van der Waals surface area contributed by atoms with E-state index in [4.69, 9.17) is 5.73 Å². The van der Waals surface area contributed by atoms with Gasteiger partial charge in [0.05, 0.1) is 11.4 Å². The lowest BCUT2D eigenvalue weighted by Gasteiger charge is -2.22. The molecule has 1 saturated carbocycles. The molecule has 0 aromatic heterocycles. The van der Waals surface area contributed by atoms with Crippen molar-refractivity contribution in [3.63, 3.8) is 0 Å². The zero-order valence-electron chi connectivity index (χ0n) is 12.1. The van der Waals surface area contributed by atoms with Gasteiger partial charge in [0, 0.05) is 23.9 Å². The maximum absolute atomic E-state index is 11.7. The van der Waals surface area contributed by atoms with Gasteiger partial charge in [-0.25, -0.2) is 0 Å². The summed E-state index contributed by atoms with van der Waals surface area (Å²) < 4.78 is 0. The molecule has 1 amide bonds. The van der Waals surface area contributed by atoms with Crippen LogP contribution >= 0.6 is 11.8 Å². The average molecular weight is 293 g/mol. The molecule has 1 aromatic carbocycles. The molecule has 2 rings (SSSR count). The lowest BCUT2D eigenvalue weighted by Crippen LogP contribution is -2.27. The third-order valence-electron chi connectivity index (χ3n) is 3.72. The van der Waals surface area contributed by atoms with Crippen molar-refractivity contribution < 1.29 is 4.79 Å². The minimum absolute atomic E-state index is 0.0843. The van der Waals surface area contributed by atoms with Gasteiger partial charge in [0.1, 0.15) is 0 Å². The van der Waals surface area contributed by atoms with Crippen LogP contribution in [0.5, 0.6) is 0 Å². The second kappa shape index (κ2) is 6.88. The van der Waals surface area contributed by atoms with Crippen molar-refractivity contribution in [1.82, 2.24) is 5.32 Å². The highest BCUT2D eigenvalue weighted by Gasteiger charge is 2.27. The van der Waals surface area contributed by atoms with E-state index < -0.39 is 0 Å². The fourth-order valence-electron chi connectivity index (χ4n) is 2.67. The number of nitrogen functional groups attached to an aromatic ring is 1. The highest BCUT2D eigenvalue weighted by Crippen LogP contribution is 2.33. The largest absolute Gasteiger partial charge is 0.397 e. The number of rotatable bonds is 5. The first kappa shape index (κ1) is 15.0. The second-order valence-electron chi connectivity index (χ2n) is 5.06. The third-order valence-corrected chi connectivity index (χ3v) is 5.04. The quantitative estimate of drug-likeness (QED) is 0.730. The minimum atomic E-state index is -0.0843. The lowest BCUT2D eigenvalue weighted by atomic mass is 10.1. The predicted octanol–water partition coefficient (Wildman–Crippen LogP) is 2.71. The van der Waals surface area contributed by atoms with Gasteiger partial charge in [-0.2, -0.15) is 11.8 Å². The molecule has 5 heteroatoms. The van der Waals surface area contributed by atoms with Gasteiger partial charge in [-0.15, -0.1) is 0 Å². The van der Waals surface area contributed by atoms with E-state index in [2.05, 4.69) is 17.6 Å². The highest BCUT2D eigenvalue weighted by molar-refractivity contribution is 7.99. The molecule has 1 fully saturated rings. The summed E-state index contributed by atoms with van der Waals surface area (Å²) in [6, 6.07) is 5.85. The van der Waals surface area contributed by atoms with Crippen LogP contribution in [0, 0.1) is 0 Å². The Morgan fingerprint density at radius 3 is 2.95 bits per heavy atom. The predicted molar refractivity (Wildman–Crippen MR) is 87.4 cm³/mol. The average Bonchev–Trinajstić information content (AvgIpc) is 2.88. The molecule has 20 heavy (non-hydrogen) atoms. The van der Waals surface area contributed by atoms with Crippen LogP contribution in [0.15, 0.2) is 18.2 Å². The zero-order chi connectivity index (χ0) is 14.5. The minimum Gasteiger partial charge on any atom is -0.397 e. The summed E-state index contributed by atoms with van der Waals surface area (Å²) in [5, 5.41) is 6.82. The molecule has 0 saturated heterocycles. The maximum Gasteiger partial charge on any atom is 0.251 e. The van der Waals surface area contributed by atoms with Crippen LogP contribution in [-0.4, -0.2) is 30.0 Å². The van der Waals surface area contributed by atoms with E-state index in [0.29, 0.717) is 22.5 Å². The van der Waals surface area contributed by atoms with Crippen LogP contribution in [0.2, 0.25) is 0 Å². The van der Waals surface area contributed by atoms with Crippen LogP contribution < -0.4 is 16.4 Å². The van der Waals surface area contributed by atoms with Crippen LogP contribution in [0.3, 0.4) is 0 Å². The molecular weight excluding hydrogens is 270 g/mol. The standard InChI is InChI=1S/C15H23N3OS/c1-3-20-14-6-4-5-12(14)18-13-9-10(15(19)17-2)7-8-11(13)16/h7-9,12,14,18H,3-6,16H2,1-2H3,(H,17,19). The number of hydrogen-bond donors (Lipinski definition) is 3. The number of carbonyl (C=O) groups is 1. The number of hydrogen-bond acceptors (Lipinski definition) is 4. The smallest absolute Gasteiger partial charge is 0.251 e. The maximum atomic E-state index is 11.7. The Hall–Kier alpha value is -1.36. The molecular formula is C15H23N3OS. The number of nitrogens with one attached hydrogen (secondary N) is 2. The first-order valence-corrected chi connectivity index (χ1v) is 8.20. The van der Waals surface area contributed by atoms with E-state index in [9.17, 15) is 4.79 Å². The summed E-state index contributed by atoms with van der Waals surface area (Å²) in [5.74, 6) is 1.05. The van der Waals surface area contributed by atoms with Gasteiger partial charge in [-0.1, -0.05) is 13.3 Å². The molecule has 1 aliphatic rings. The van der Waals surface area contributed by atoms with Crippen LogP contribution in [0.25, 0.3) is 0 Å². The van der Waals surface area contributed by atoms with E-state index in [0.717, 1.165) is 11.4 Å². The van der Waals surface area contributed by atoms with Gasteiger partial charge in [-0.05, 0) is 36.8 Å². The summed E-state index contributed by atoms with van der Waals surface area (Å²) >= 11 is 2.00.